The number of nitrogens with zero attached hydrogens (tertiary/aromatic N) is 1. The summed E-state index contributed by atoms with van der Waals surface area (Å²) in [5, 5.41) is 0. The van der Waals surface area contributed by atoms with Crippen LogP contribution in [0.1, 0.15) is 32.6 Å². The summed E-state index contributed by atoms with van der Waals surface area (Å²) in [5.74, 6) is 0.670. The van der Waals surface area contributed by atoms with Gasteiger partial charge >= 0.3 is 0 Å². The molecule has 0 aromatic heterocycles. The minimum absolute atomic E-state index is 0.0646. The molecule has 1 aliphatic heterocycles. The van der Waals surface area contributed by atoms with Gasteiger partial charge in [-0.1, -0.05) is 12.2 Å². The van der Waals surface area contributed by atoms with E-state index in [1.165, 1.54) is 12.8 Å². The van der Waals surface area contributed by atoms with Gasteiger partial charge in [0.1, 0.15) is 5.41 Å². The molecule has 0 spiro atoms. The summed E-state index contributed by atoms with van der Waals surface area (Å²) in [4.78, 5) is 15.4. The van der Waals surface area contributed by atoms with Gasteiger partial charge in [-0.2, -0.15) is 0 Å². The van der Waals surface area contributed by atoms with E-state index in [-0.39, 0.29) is 11.9 Å². The number of nitrogens with two attached hydrogens (primary N) is 1. The van der Waals surface area contributed by atoms with Crippen molar-refractivity contribution < 1.29 is 14.3 Å². The Labute approximate surface area is 132 Å². The van der Waals surface area contributed by atoms with E-state index in [1.54, 1.807) is 7.11 Å². The van der Waals surface area contributed by atoms with Crippen LogP contribution in [0.3, 0.4) is 0 Å². The Morgan fingerprint density at radius 2 is 2.10 bits per heavy atom. The van der Waals surface area contributed by atoms with E-state index in [2.05, 4.69) is 6.92 Å². The van der Waals surface area contributed by atoms with Crippen molar-refractivity contribution in [2.75, 3.05) is 33.5 Å². The average molecular weight is 314 g/mol. The Hall–Kier alpha value is -0.720. The molecule has 5 nitrogen and oxygen atoms in total. The highest BCUT2D eigenvalue weighted by Crippen LogP contribution is 2.39. The van der Waals surface area contributed by atoms with Gasteiger partial charge in [-0.05, 0) is 38.5 Å². The van der Waals surface area contributed by atoms with Gasteiger partial charge in [0.25, 0.3) is 0 Å². The summed E-state index contributed by atoms with van der Waals surface area (Å²) in [5.41, 5.74) is 5.23. The lowest BCUT2D eigenvalue weighted by Crippen LogP contribution is -2.56. The summed E-state index contributed by atoms with van der Waals surface area (Å²) in [6.07, 6.45) is 3.56. The summed E-state index contributed by atoms with van der Waals surface area (Å²) >= 11 is 5.25. The van der Waals surface area contributed by atoms with Crippen LogP contribution in [0, 0.1) is 11.3 Å². The van der Waals surface area contributed by atoms with Crippen molar-refractivity contribution in [3.05, 3.63) is 0 Å². The molecule has 6 heteroatoms. The van der Waals surface area contributed by atoms with E-state index in [4.69, 9.17) is 27.4 Å². The van der Waals surface area contributed by atoms with Crippen LogP contribution in [0.15, 0.2) is 0 Å². The van der Waals surface area contributed by atoms with Crippen molar-refractivity contribution in [1.29, 1.82) is 0 Å². The lowest BCUT2D eigenvalue weighted by Gasteiger charge is -2.41. The second-order valence-corrected chi connectivity index (χ2v) is 6.57. The Kier molecular flexibility index (Phi) is 5.57. The summed E-state index contributed by atoms with van der Waals surface area (Å²) in [6.45, 7) is 4.33. The Bertz CT molecular complexity index is 392. The predicted molar refractivity (Wildman–Crippen MR) is 85.0 cm³/mol. The predicted octanol–water partition coefficient (Wildman–Crippen LogP) is 1.34. The number of hydrogen-bond acceptors (Lipinski definition) is 4. The van der Waals surface area contributed by atoms with Crippen molar-refractivity contribution in [2.24, 2.45) is 17.1 Å². The van der Waals surface area contributed by atoms with Crippen LogP contribution in [0.25, 0.3) is 0 Å². The number of carbonyl (C=O) groups excluding carboxylic acids is 1. The monoisotopic (exact) mass is 314 g/mol. The standard InChI is InChI=1S/C15H26N2O3S/c1-11(12-3-4-12)17(7-10-19-2)14(18)15(13(16)21)5-8-20-9-6-15/h11-12H,3-10H2,1-2H3,(H2,16,21). The van der Waals surface area contributed by atoms with Gasteiger partial charge in [0.15, 0.2) is 0 Å². The molecule has 2 fully saturated rings. The van der Waals surface area contributed by atoms with Crippen molar-refractivity contribution in [2.45, 2.75) is 38.6 Å². The van der Waals surface area contributed by atoms with Crippen molar-refractivity contribution in [1.82, 2.24) is 4.90 Å². The molecule has 1 heterocycles. The van der Waals surface area contributed by atoms with Gasteiger partial charge in [0.05, 0.1) is 11.6 Å². The molecule has 0 bridgehead atoms. The first-order valence-corrected chi connectivity index (χ1v) is 8.11. The molecule has 1 unspecified atom stereocenters. The van der Waals surface area contributed by atoms with Crippen LogP contribution in [-0.2, 0) is 14.3 Å². The first kappa shape index (κ1) is 16.6. The van der Waals surface area contributed by atoms with Gasteiger partial charge in [0.2, 0.25) is 5.91 Å². The van der Waals surface area contributed by atoms with Crippen LogP contribution in [0.2, 0.25) is 0 Å². The van der Waals surface area contributed by atoms with Crippen LogP contribution >= 0.6 is 12.2 Å². The number of amides is 1. The van der Waals surface area contributed by atoms with E-state index in [0.717, 1.165) is 0 Å². The maximum atomic E-state index is 13.2. The van der Waals surface area contributed by atoms with E-state index >= 15 is 0 Å². The molecule has 0 radical (unpaired) electrons. The quantitative estimate of drug-likeness (QED) is 0.719. The molecule has 1 atom stereocenters. The SMILES string of the molecule is COCCN(C(=O)C1(C(N)=S)CCOCC1)C(C)C1CC1. The topological polar surface area (TPSA) is 64.8 Å². The molecule has 0 aromatic carbocycles. The molecule has 1 saturated heterocycles. The molecule has 1 saturated carbocycles. The minimum atomic E-state index is -0.732. The summed E-state index contributed by atoms with van der Waals surface area (Å²) in [6, 6.07) is 0.224. The molecule has 1 amide bonds. The molecule has 120 valence electrons. The maximum Gasteiger partial charge on any atom is 0.236 e. The second-order valence-electron chi connectivity index (χ2n) is 6.13. The van der Waals surface area contributed by atoms with E-state index < -0.39 is 5.41 Å². The zero-order valence-electron chi connectivity index (χ0n) is 13.0. The fraction of sp³-hybridized carbons (Fsp3) is 0.867. The Balaban J connectivity index is 2.19. The van der Waals surface area contributed by atoms with Gasteiger partial charge in [-0.25, -0.2) is 0 Å². The molecule has 2 N–H and O–H groups in total. The van der Waals surface area contributed by atoms with Gasteiger partial charge in [-0.3, -0.25) is 4.79 Å². The molecule has 2 aliphatic rings. The van der Waals surface area contributed by atoms with E-state index in [0.29, 0.717) is 50.1 Å². The third-order valence-corrected chi connectivity index (χ3v) is 5.21. The van der Waals surface area contributed by atoms with Gasteiger partial charge in [-0.15, -0.1) is 0 Å². The first-order chi connectivity index (χ1) is 10.0. The van der Waals surface area contributed by atoms with E-state index in [9.17, 15) is 4.79 Å². The van der Waals surface area contributed by atoms with Crippen molar-refractivity contribution in [3.8, 4) is 0 Å². The second kappa shape index (κ2) is 7.03. The largest absolute Gasteiger partial charge is 0.392 e. The fourth-order valence-corrected chi connectivity index (χ4v) is 3.36. The first-order valence-electron chi connectivity index (χ1n) is 7.70. The molecule has 21 heavy (non-hydrogen) atoms. The van der Waals surface area contributed by atoms with Crippen LogP contribution in [0.4, 0.5) is 0 Å². The normalized spacial score (nSPS) is 22.6. The maximum absolute atomic E-state index is 13.2. The third kappa shape index (κ3) is 3.55. The van der Waals surface area contributed by atoms with Crippen molar-refractivity contribution in [3.63, 3.8) is 0 Å². The lowest BCUT2D eigenvalue weighted by atomic mass is 9.78. The summed E-state index contributed by atoms with van der Waals surface area (Å²) < 4.78 is 10.6. The van der Waals surface area contributed by atoms with Crippen LogP contribution < -0.4 is 5.73 Å². The van der Waals surface area contributed by atoms with Gasteiger partial charge in [0, 0.05) is 32.9 Å². The Morgan fingerprint density at radius 1 is 1.48 bits per heavy atom. The number of rotatable bonds is 7. The highest BCUT2D eigenvalue weighted by molar-refractivity contribution is 7.80. The number of thiocarbonyl (C=S) groups is 1. The molecule has 0 aromatic rings. The summed E-state index contributed by atoms with van der Waals surface area (Å²) in [7, 11) is 1.65. The van der Waals surface area contributed by atoms with Crippen molar-refractivity contribution >= 4 is 23.1 Å². The van der Waals surface area contributed by atoms with E-state index in [1.807, 2.05) is 4.90 Å². The molecule has 1 aliphatic carbocycles. The van der Waals surface area contributed by atoms with Crippen LogP contribution in [-0.4, -0.2) is 55.3 Å². The zero-order valence-corrected chi connectivity index (χ0v) is 13.8. The fourth-order valence-electron chi connectivity index (χ4n) is 3.07. The Morgan fingerprint density at radius 3 is 2.57 bits per heavy atom. The number of carbonyl (C=O) groups is 1. The molecular formula is C15H26N2O3S. The minimum Gasteiger partial charge on any atom is -0.392 e. The average Bonchev–Trinajstić information content (AvgIpc) is 3.32. The number of hydrogen-bond donors (Lipinski definition) is 1. The lowest BCUT2D eigenvalue weighted by molar-refractivity contribution is -0.145. The third-order valence-electron chi connectivity index (χ3n) is 4.82. The van der Waals surface area contributed by atoms with Gasteiger partial charge < -0.3 is 20.1 Å². The highest BCUT2D eigenvalue weighted by Gasteiger charge is 2.47. The molecule has 2 rings (SSSR count). The number of methoxy groups -OCH3 is 1. The molecular weight excluding hydrogens is 288 g/mol. The highest BCUT2D eigenvalue weighted by atomic mass is 32.1. The van der Waals surface area contributed by atoms with Crippen LogP contribution in [0.5, 0.6) is 0 Å². The zero-order chi connectivity index (χ0) is 15.5. The smallest absolute Gasteiger partial charge is 0.236 e. The number of ether oxygens (including phenoxy) is 2.